The fourth-order valence-electron chi connectivity index (χ4n) is 3.18. The van der Waals surface area contributed by atoms with Gasteiger partial charge in [-0.3, -0.25) is 4.79 Å². The second-order valence-corrected chi connectivity index (χ2v) is 8.61. The number of aromatic nitrogens is 1. The first-order valence-corrected chi connectivity index (χ1v) is 10.1. The predicted molar refractivity (Wildman–Crippen MR) is 89.4 cm³/mol. The Morgan fingerprint density at radius 3 is 2.48 bits per heavy atom. The van der Waals surface area contributed by atoms with Crippen molar-refractivity contribution in [1.29, 1.82) is 0 Å². The topological polar surface area (TPSA) is 79.4 Å². The maximum Gasteiger partial charge on any atom is 0.253 e. The van der Waals surface area contributed by atoms with Crippen molar-refractivity contribution in [2.45, 2.75) is 38.1 Å². The molecule has 7 heteroatoms. The maximum absolute atomic E-state index is 12.2. The first-order valence-electron chi connectivity index (χ1n) is 8.26. The van der Waals surface area contributed by atoms with Gasteiger partial charge in [0.15, 0.2) is 9.84 Å². The molecule has 23 heavy (non-hydrogen) atoms. The third-order valence-electron chi connectivity index (χ3n) is 4.51. The van der Waals surface area contributed by atoms with E-state index in [0.29, 0.717) is 12.0 Å². The summed E-state index contributed by atoms with van der Waals surface area (Å²) in [7, 11) is -2.98. The highest BCUT2D eigenvalue weighted by Gasteiger charge is 2.29. The summed E-state index contributed by atoms with van der Waals surface area (Å²) in [4.78, 5) is 18.9. The second-order valence-electron chi connectivity index (χ2n) is 6.38. The number of carbonyl (C=O) groups is 1. The lowest BCUT2D eigenvalue weighted by molar-refractivity contribution is 0.0941. The van der Waals surface area contributed by atoms with Crippen molar-refractivity contribution in [3.63, 3.8) is 0 Å². The molecule has 2 fully saturated rings. The molecule has 2 aliphatic rings. The molecule has 0 spiro atoms. The molecule has 0 bridgehead atoms. The van der Waals surface area contributed by atoms with Crippen LogP contribution in [0.2, 0.25) is 0 Å². The summed E-state index contributed by atoms with van der Waals surface area (Å²) in [6, 6.07) is 3.37. The lowest BCUT2D eigenvalue weighted by atomic mass is 10.2. The van der Waals surface area contributed by atoms with Crippen molar-refractivity contribution in [3.8, 4) is 0 Å². The summed E-state index contributed by atoms with van der Waals surface area (Å²) >= 11 is 0. The van der Waals surface area contributed by atoms with Gasteiger partial charge in [-0.2, -0.15) is 0 Å². The second kappa shape index (κ2) is 6.86. The minimum Gasteiger partial charge on any atom is -0.357 e. The smallest absolute Gasteiger partial charge is 0.253 e. The van der Waals surface area contributed by atoms with Crippen LogP contribution in [-0.4, -0.2) is 49.9 Å². The Labute approximate surface area is 137 Å². The summed E-state index contributed by atoms with van der Waals surface area (Å²) < 4.78 is 22.9. The number of hydrogen-bond donors (Lipinski definition) is 1. The molecule has 1 amide bonds. The van der Waals surface area contributed by atoms with Crippen molar-refractivity contribution in [1.82, 2.24) is 10.3 Å². The number of nitrogens with one attached hydrogen (secondary N) is 1. The Kier molecular flexibility index (Phi) is 4.84. The molecule has 1 N–H and O–H groups in total. The van der Waals surface area contributed by atoms with Crippen LogP contribution in [0.25, 0.3) is 0 Å². The number of anilines is 1. The number of sulfone groups is 1. The lowest BCUT2D eigenvalue weighted by Gasteiger charge is -2.21. The van der Waals surface area contributed by atoms with Crippen molar-refractivity contribution in [2.24, 2.45) is 0 Å². The van der Waals surface area contributed by atoms with Gasteiger partial charge in [-0.05, 0) is 31.4 Å². The summed E-state index contributed by atoms with van der Waals surface area (Å²) in [6.07, 6.45) is 6.97. The molecule has 1 aromatic rings. The van der Waals surface area contributed by atoms with Crippen LogP contribution in [0.15, 0.2) is 18.3 Å². The average molecular weight is 337 g/mol. The Bertz CT molecular complexity index is 650. The Morgan fingerprint density at radius 2 is 1.91 bits per heavy atom. The predicted octanol–water partition coefficient (Wildman–Crippen LogP) is 1.38. The van der Waals surface area contributed by atoms with E-state index >= 15 is 0 Å². The van der Waals surface area contributed by atoms with E-state index in [1.165, 1.54) is 25.7 Å². The highest BCUT2D eigenvalue weighted by Crippen LogP contribution is 2.18. The van der Waals surface area contributed by atoms with E-state index < -0.39 is 9.84 Å². The zero-order valence-corrected chi connectivity index (χ0v) is 14.0. The van der Waals surface area contributed by atoms with Crippen LogP contribution in [0.4, 0.5) is 5.82 Å². The normalized spacial score (nSPS) is 24.2. The molecule has 3 rings (SSSR count). The molecule has 0 aromatic carbocycles. The third kappa shape index (κ3) is 4.22. The van der Waals surface area contributed by atoms with E-state index in [1.54, 1.807) is 12.3 Å². The van der Waals surface area contributed by atoms with Crippen LogP contribution in [0.1, 0.15) is 42.5 Å². The van der Waals surface area contributed by atoms with Crippen molar-refractivity contribution < 1.29 is 13.2 Å². The van der Waals surface area contributed by atoms with Gasteiger partial charge >= 0.3 is 0 Å². The third-order valence-corrected chi connectivity index (χ3v) is 6.28. The Hall–Kier alpha value is -1.63. The van der Waals surface area contributed by atoms with Crippen LogP contribution in [0.5, 0.6) is 0 Å². The molecular formula is C16H23N3O3S. The maximum atomic E-state index is 12.2. The van der Waals surface area contributed by atoms with Gasteiger partial charge in [0.05, 0.1) is 17.1 Å². The number of pyridine rings is 1. The van der Waals surface area contributed by atoms with Crippen molar-refractivity contribution in [2.75, 3.05) is 29.5 Å². The van der Waals surface area contributed by atoms with Gasteiger partial charge in [-0.1, -0.05) is 12.8 Å². The van der Waals surface area contributed by atoms with E-state index in [1.807, 2.05) is 6.07 Å². The first kappa shape index (κ1) is 16.2. The van der Waals surface area contributed by atoms with Gasteiger partial charge in [-0.25, -0.2) is 13.4 Å². The molecule has 2 saturated heterocycles. The number of hydrogen-bond acceptors (Lipinski definition) is 5. The van der Waals surface area contributed by atoms with Gasteiger partial charge in [0, 0.05) is 25.3 Å². The first-order chi connectivity index (χ1) is 11.0. The van der Waals surface area contributed by atoms with Gasteiger partial charge < -0.3 is 10.2 Å². The van der Waals surface area contributed by atoms with E-state index in [-0.39, 0.29) is 23.5 Å². The zero-order valence-electron chi connectivity index (χ0n) is 13.2. The molecule has 0 radical (unpaired) electrons. The fraction of sp³-hybridized carbons (Fsp3) is 0.625. The van der Waals surface area contributed by atoms with Crippen LogP contribution < -0.4 is 10.2 Å². The molecule has 6 nitrogen and oxygen atoms in total. The number of carbonyl (C=O) groups excluding carboxylic acids is 1. The Balaban J connectivity index is 1.61. The van der Waals surface area contributed by atoms with E-state index in [4.69, 9.17) is 0 Å². The van der Waals surface area contributed by atoms with E-state index in [9.17, 15) is 13.2 Å². The van der Waals surface area contributed by atoms with E-state index in [2.05, 4.69) is 15.2 Å². The van der Waals surface area contributed by atoms with Crippen molar-refractivity contribution in [3.05, 3.63) is 23.9 Å². The van der Waals surface area contributed by atoms with Crippen LogP contribution >= 0.6 is 0 Å². The molecule has 0 aliphatic carbocycles. The van der Waals surface area contributed by atoms with E-state index in [0.717, 1.165) is 18.9 Å². The number of nitrogens with zero attached hydrogens (tertiary/aromatic N) is 2. The molecule has 3 heterocycles. The average Bonchev–Trinajstić information content (AvgIpc) is 2.75. The van der Waals surface area contributed by atoms with Gasteiger partial charge in [0.1, 0.15) is 5.82 Å². The quantitative estimate of drug-likeness (QED) is 0.901. The van der Waals surface area contributed by atoms with Crippen LogP contribution in [-0.2, 0) is 9.84 Å². The van der Waals surface area contributed by atoms with Gasteiger partial charge in [-0.15, -0.1) is 0 Å². The minimum absolute atomic E-state index is 0.0397. The van der Waals surface area contributed by atoms with Crippen LogP contribution in [0, 0.1) is 0 Å². The summed E-state index contributed by atoms with van der Waals surface area (Å²) in [5.74, 6) is 0.858. The molecule has 2 aliphatic heterocycles. The molecule has 0 unspecified atom stereocenters. The SMILES string of the molecule is O=C(N[C@@H]1CCS(=O)(=O)C1)c1ccc(N2CCCCCC2)nc1. The summed E-state index contributed by atoms with van der Waals surface area (Å²) in [5, 5.41) is 2.79. The molecule has 1 aromatic heterocycles. The zero-order chi connectivity index (χ0) is 16.3. The van der Waals surface area contributed by atoms with Crippen molar-refractivity contribution >= 4 is 21.6 Å². The number of rotatable bonds is 3. The molecule has 126 valence electrons. The minimum atomic E-state index is -2.98. The molecular weight excluding hydrogens is 314 g/mol. The van der Waals surface area contributed by atoms with Crippen LogP contribution in [0.3, 0.4) is 0 Å². The standard InChI is InChI=1S/C16H23N3O3S/c20-16(18-14-7-10-23(21,22)12-14)13-5-6-15(17-11-13)19-8-3-1-2-4-9-19/h5-6,11,14H,1-4,7-10,12H2,(H,18,20)/t14-/m1/s1. The summed E-state index contributed by atoms with van der Waals surface area (Å²) in [5.41, 5.74) is 0.480. The highest BCUT2D eigenvalue weighted by atomic mass is 32.2. The van der Waals surface area contributed by atoms with Gasteiger partial charge in [0.25, 0.3) is 5.91 Å². The Morgan fingerprint density at radius 1 is 1.17 bits per heavy atom. The lowest BCUT2D eigenvalue weighted by Crippen LogP contribution is -2.35. The monoisotopic (exact) mass is 337 g/mol. The van der Waals surface area contributed by atoms with Gasteiger partial charge in [0.2, 0.25) is 0 Å². The largest absolute Gasteiger partial charge is 0.357 e. The summed E-state index contributed by atoms with van der Waals surface area (Å²) in [6.45, 7) is 2.02. The highest BCUT2D eigenvalue weighted by molar-refractivity contribution is 7.91. The number of amides is 1. The molecule has 1 atom stereocenters. The molecule has 0 saturated carbocycles. The fourth-order valence-corrected chi connectivity index (χ4v) is 4.86.